The van der Waals surface area contributed by atoms with E-state index in [0.717, 1.165) is 6.07 Å². The van der Waals surface area contributed by atoms with Crippen LogP contribution < -0.4 is 5.73 Å². The fraction of sp³-hybridized carbons (Fsp3) is 0.294. The minimum absolute atomic E-state index is 0.0773. The van der Waals surface area contributed by atoms with Crippen molar-refractivity contribution in [2.24, 2.45) is 5.73 Å². The van der Waals surface area contributed by atoms with E-state index in [-0.39, 0.29) is 10.6 Å². The van der Waals surface area contributed by atoms with Crippen LogP contribution >= 0.6 is 58.0 Å². The van der Waals surface area contributed by atoms with Gasteiger partial charge >= 0.3 is 10.3 Å². The first-order valence-corrected chi connectivity index (χ1v) is 11.2. The van der Waals surface area contributed by atoms with E-state index >= 15 is 0 Å². The molecule has 2 rings (SSSR count). The van der Waals surface area contributed by atoms with Crippen molar-refractivity contribution in [2.45, 2.75) is 22.3 Å². The number of halogens is 6. The number of nitrogens with two attached hydrogens (primary N) is 1. The van der Waals surface area contributed by atoms with Gasteiger partial charge in [-0.3, -0.25) is 4.55 Å². The van der Waals surface area contributed by atoms with Crippen LogP contribution in [0.1, 0.15) is 24.1 Å². The Balaban J connectivity index is 2.80. The van der Waals surface area contributed by atoms with Gasteiger partial charge in [0.25, 0.3) is 0 Å². The largest absolute Gasteiger partial charge is 0.336 e. The molecule has 0 aliphatic heterocycles. The summed E-state index contributed by atoms with van der Waals surface area (Å²) < 4.78 is 47.7. The summed E-state index contributed by atoms with van der Waals surface area (Å²) in [6.45, 7) is 0.499. The average Bonchev–Trinajstić information content (AvgIpc) is 2.57. The summed E-state index contributed by atoms with van der Waals surface area (Å²) in [5, 5.41) is 0.488. The first-order chi connectivity index (χ1) is 13.2. The monoisotopic (exact) mass is 522 g/mol. The van der Waals surface area contributed by atoms with Crippen molar-refractivity contribution in [2.75, 3.05) is 6.54 Å². The van der Waals surface area contributed by atoms with E-state index in [2.05, 4.69) is 0 Å². The highest BCUT2D eigenvalue weighted by molar-refractivity contribution is 7.83. The maximum Gasteiger partial charge on any atom is 0.336 e. The number of hydrogen-bond acceptors (Lipinski definition) is 3. The van der Waals surface area contributed by atoms with Gasteiger partial charge < -0.3 is 5.73 Å². The number of nitrogens with zero attached hydrogens (tertiary/aromatic N) is 1. The summed E-state index contributed by atoms with van der Waals surface area (Å²) in [7, 11) is -5.02. The fourth-order valence-electron chi connectivity index (χ4n) is 3.00. The smallest absolute Gasteiger partial charge is 0.322 e. The molecule has 0 saturated heterocycles. The molecule has 0 radical (unpaired) electrons. The highest BCUT2D eigenvalue weighted by Crippen LogP contribution is 2.44. The van der Waals surface area contributed by atoms with Crippen LogP contribution in [-0.2, 0) is 15.8 Å². The summed E-state index contributed by atoms with van der Waals surface area (Å²) >= 11 is 29.1. The molecule has 0 aliphatic carbocycles. The molecule has 2 aromatic carbocycles. The lowest BCUT2D eigenvalue weighted by atomic mass is 9.81. The van der Waals surface area contributed by atoms with Crippen molar-refractivity contribution in [1.82, 2.24) is 4.31 Å². The molecule has 0 bridgehead atoms. The Hall–Kier alpha value is -0.350. The van der Waals surface area contributed by atoms with E-state index < -0.39 is 38.0 Å². The fourth-order valence-corrected chi connectivity index (χ4v) is 4.90. The third-order valence-corrected chi connectivity index (χ3v) is 6.34. The molecule has 0 aromatic heterocycles. The molecule has 3 N–H and O–H groups in total. The predicted octanol–water partition coefficient (Wildman–Crippen LogP) is 5.52. The molecule has 160 valence electrons. The molecular formula is C17H16Cl5FN2O3S. The number of benzene rings is 2. The molecule has 0 fully saturated rings. The molecule has 29 heavy (non-hydrogen) atoms. The Bertz CT molecular complexity index is 986. The summed E-state index contributed by atoms with van der Waals surface area (Å²) in [5.74, 6) is -0.859. The third-order valence-electron chi connectivity index (χ3n) is 4.43. The minimum Gasteiger partial charge on any atom is -0.322 e. The van der Waals surface area contributed by atoms with Crippen LogP contribution in [0, 0.1) is 5.82 Å². The summed E-state index contributed by atoms with van der Waals surface area (Å²) in [6, 6.07) is 8.53. The highest BCUT2D eigenvalue weighted by atomic mass is 35.6. The van der Waals surface area contributed by atoms with Crippen LogP contribution in [0.25, 0.3) is 0 Å². The van der Waals surface area contributed by atoms with E-state index in [1.807, 2.05) is 0 Å². The zero-order valence-electron chi connectivity index (χ0n) is 14.8. The molecule has 0 aliphatic rings. The standard InChI is InChI=1S/C17H16Cl5FN2O3S/c1-16(13-7-6-12(19)8-14(13)23,15(24)10-2-4-11(18)5-3-10)25(29(26,27)28)9-17(20,21)22/h2-8,15H,9,24H2,1H3,(H,26,27,28)/t15-,16+/m1/s1. The minimum atomic E-state index is -5.02. The maximum atomic E-state index is 14.9. The zero-order valence-corrected chi connectivity index (χ0v) is 19.4. The summed E-state index contributed by atoms with van der Waals surface area (Å²) in [5.41, 5.74) is 4.68. The van der Waals surface area contributed by atoms with Crippen molar-refractivity contribution in [3.8, 4) is 0 Å². The molecule has 5 nitrogen and oxygen atoms in total. The van der Waals surface area contributed by atoms with Crippen molar-refractivity contribution >= 4 is 68.3 Å². The number of rotatable bonds is 6. The van der Waals surface area contributed by atoms with Gasteiger partial charge in [-0.1, -0.05) is 76.2 Å². The molecule has 0 unspecified atom stereocenters. The van der Waals surface area contributed by atoms with Crippen molar-refractivity contribution in [1.29, 1.82) is 0 Å². The van der Waals surface area contributed by atoms with Crippen molar-refractivity contribution in [3.05, 3.63) is 69.5 Å². The van der Waals surface area contributed by atoms with E-state index in [4.69, 9.17) is 63.7 Å². The van der Waals surface area contributed by atoms with Crippen LogP contribution in [-0.4, -0.2) is 27.6 Å². The second-order valence-electron chi connectivity index (χ2n) is 6.40. The molecule has 12 heteroatoms. The zero-order chi connectivity index (χ0) is 22.2. The Labute approximate surface area is 193 Å². The molecular weight excluding hydrogens is 509 g/mol. The molecule has 2 aromatic rings. The molecule has 0 saturated carbocycles. The van der Waals surface area contributed by atoms with E-state index in [1.165, 1.54) is 43.3 Å². The summed E-state index contributed by atoms with van der Waals surface area (Å²) in [4.78, 5) is 0. The Morgan fingerprint density at radius 3 is 2.07 bits per heavy atom. The third kappa shape index (κ3) is 5.87. The van der Waals surface area contributed by atoms with Crippen LogP contribution in [0.2, 0.25) is 10.0 Å². The van der Waals surface area contributed by atoms with Gasteiger partial charge in [0.2, 0.25) is 3.79 Å². The SMILES string of the molecule is C[C@](c1ccc(Cl)cc1F)([C@H](N)c1ccc(Cl)cc1)N(CC(Cl)(Cl)Cl)S(=O)(=O)O. The van der Waals surface area contributed by atoms with Gasteiger partial charge in [0.1, 0.15) is 5.82 Å². The molecule has 0 heterocycles. The Morgan fingerprint density at radius 1 is 1.10 bits per heavy atom. The van der Waals surface area contributed by atoms with Gasteiger partial charge in [-0.15, -0.1) is 0 Å². The molecule has 0 spiro atoms. The quantitative estimate of drug-likeness (QED) is 0.385. The first-order valence-electron chi connectivity index (χ1n) is 7.95. The van der Waals surface area contributed by atoms with Crippen LogP contribution in [0.5, 0.6) is 0 Å². The normalized spacial score (nSPS) is 15.9. The van der Waals surface area contributed by atoms with Gasteiger partial charge in [-0.2, -0.15) is 12.7 Å². The maximum absolute atomic E-state index is 14.9. The lowest BCUT2D eigenvalue weighted by Gasteiger charge is -2.44. The van der Waals surface area contributed by atoms with Crippen molar-refractivity contribution in [3.63, 3.8) is 0 Å². The van der Waals surface area contributed by atoms with E-state index in [0.29, 0.717) is 14.9 Å². The Morgan fingerprint density at radius 2 is 1.62 bits per heavy atom. The van der Waals surface area contributed by atoms with Crippen LogP contribution in [0.15, 0.2) is 42.5 Å². The molecule has 0 amide bonds. The van der Waals surface area contributed by atoms with Gasteiger partial charge in [-0.25, -0.2) is 4.39 Å². The molecule has 2 atom stereocenters. The average molecular weight is 525 g/mol. The van der Waals surface area contributed by atoms with Crippen LogP contribution in [0.3, 0.4) is 0 Å². The topological polar surface area (TPSA) is 83.6 Å². The van der Waals surface area contributed by atoms with Gasteiger partial charge in [0.05, 0.1) is 18.1 Å². The van der Waals surface area contributed by atoms with Gasteiger partial charge in [-0.05, 0) is 36.8 Å². The second-order valence-corrected chi connectivity index (χ2v) is 11.1. The van der Waals surface area contributed by atoms with Gasteiger partial charge in [0.15, 0.2) is 0 Å². The highest BCUT2D eigenvalue weighted by Gasteiger charge is 2.49. The van der Waals surface area contributed by atoms with Gasteiger partial charge in [0, 0.05) is 15.6 Å². The van der Waals surface area contributed by atoms with Crippen LogP contribution in [0.4, 0.5) is 4.39 Å². The van der Waals surface area contributed by atoms with E-state index in [9.17, 15) is 17.4 Å². The predicted molar refractivity (Wildman–Crippen MR) is 116 cm³/mol. The summed E-state index contributed by atoms with van der Waals surface area (Å²) in [6.07, 6.45) is 0. The number of alkyl halides is 3. The lowest BCUT2D eigenvalue weighted by molar-refractivity contribution is 0.150. The lowest BCUT2D eigenvalue weighted by Crippen LogP contribution is -2.56. The van der Waals surface area contributed by atoms with Crippen molar-refractivity contribution < 1.29 is 17.4 Å². The first kappa shape index (κ1) is 24.9. The van der Waals surface area contributed by atoms with E-state index in [1.54, 1.807) is 0 Å². The number of hydrogen-bond donors (Lipinski definition) is 2. The Kier molecular flexibility index (Phi) is 7.75. The second kappa shape index (κ2) is 9.02.